The molecule has 4 heterocycles. The van der Waals surface area contributed by atoms with Crippen LogP contribution in [0.2, 0.25) is 0 Å². The minimum atomic E-state index is -0.125. The van der Waals surface area contributed by atoms with Gasteiger partial charge in [-0.1, -0.05) is 12.1 Å². The predicted octanol–water partition coefficient (Wildman–Crippen LogP) is 2.71. The van der Waals surface area contributed by atoms with Crippen molar-refractivity contribution < 1.29 is 4.79 Å². The van der Waals surface area contributed by atoms with Gasteiger partial charge in [-0.25, -0.2) is 9.97 Å². The summed E-state index contributed by atoms with van der Waals surface area (Å²) in [4.78, 5) is 24.6. The van der Waals surface area contributed by atoms with Crippen molar-refractivity contribution in [2.45, 2.75) is 25.8 Å². The summed E-state index contributed by atoms with van der Waals surface area (Å²) in [6, 6.07) is 12.0. The van der Waals surface area contributed by atoms with Crippen LogP contribution in [0.3, 0.4) is 0 Å². The standard InChI is InChI=1S/C22H24N6O/c1-2-24-22(29)16-12-15-18(27-11-5-6-14(23)13-27)9-10-25-20(15)28-19-8-4-3-7-17(19)26-21(16)28/h3-4,7-10,12,14H,2,5-6,11,13,23H2,1H3,(H,24,29)/t14-/m1/s1. The third-order valence-electron chi connectivity index (χ3n) is 5.63. The van der Waals surface area contributed by atoms with Crippen molar-refractivity contribution in [3.63, 3.8) is 0 Å². The lowest BCUT2D eigenvalue weighted by Crippen LogP contribution is -2.43. The van der Waals surface area contributed by atoms with Gasteiger partial charge in [-0.05, 0) is 44.0 Å². The molecule has 3 aromatic heterocycles. The molecular weight excluding hydrogens is 364 g/mol. The van der Waals surface area contributed by atoms with Gasteiger partial charge in [0, 0.05) is 42.9 Å². The number of anilines is 1. The molecule has 1 aliphatic heterocycles. The molecule has 3 N–H and O–H groups in total. The van der Waals surface area contributed by atoms with Gasteiger partial charge >= 0.3 is 0 Å². The van der Waals surface area contributed by atoms with Crippen LogP contribution < -0.4 is 16.0 Å². The average molecular weight is 388 g/mol. The molecule has 0 saturated carbocycles. The molecule has 1 aromatic carbocycles. The fourth-order valence-corrected chi connectivity index (χ4v) is 4.33. The first kappa shape index (κ1) is 17.9. The highest BCUT2D eigenvalue weighted by atomic mass is 16.1. The number of rotatable bonds is 3. The van der Waals surface area contributed by atoms with E-state index in [2.05, 4.69) is 15.2 Å². The van der Waals surface area contributed by atoms with E-state index in [9.17, 15) is 4.79 Å². The van der Waals surface area contributed by atoms with Crippen LogP contribution in [-0.4, -0.2) is 46.0 Å². The zero-order valence-corrected chi connectivity index (χ0v) is 16.4. The van der Waals surface area contributed by atoms with E-state index >= 15 is 0 Å². The fraction of sp³-hybridized carbons (Fsp3) is 0.318. The average Bonchev–Trinajstić information content (AvgIpc) is 3.12. The molecule has 0 bridgehead atoms. The highest BCUT2D eigenvalue weighted by Crippen LogP contribution is 2.32. The van der Waals surface area contributed by atoms with Gasteiger partial charge in [0.2, 0.25) is 0 Å². The van der Waals surface area contributed by atoms with Crippen LogP contribution in [0.1, 0.15) is 30.1 Å². The molecule has 7 heteroatoms. The van der Waals surface area contributed by atoms with Gasteiger partial charge in [-0.2, -0.15) is 0 Å². The van der Waals surface area contributed by atoms with Crippen molar-refractivity contribution in [2.24, 2.45) is 5.73 Å². The predicted molar refractivity (Wildman–Crippen MR) is 115 cm³/mol. The number of para-hydroxylation sites is 2. The van der Waals surface area contributed by atoms with Crippen LogP contribution in [-0.2, 0) is 0 Å². The van der Waals surface area contributed by atoms with E-state index in [0.717, 1.165) is 53.7 Å². The van der Waals surface area contributed by atoms with E-state index < -0.39 is 0 Å². The number of carbonyl (C=O) groups is 1. The number of amides is 1. The van der Waals surface area contributed by atoms with Crippen LogP contribution in [0, 0.1) is 0 Å². The maximum atomic E-state index is 12.9. The number of hydrogen-bond acceptors (Lipinski definition) is 5. The van der Waals surface area contributed by atoms with Crippen molar-refractivity contribution in [3.05, 3.63) is 48.2 Å². The van der Waals surface area contributed by atoms with Crippen LogP contribution in [0.25, 0.3) is 27.7 Å². The Labute approximate surface area is 168 Å². The van der Waals surface area contributed by atoms with Crippen LogP contribution in [0.4, 0.5) is 5.69 Å². The zero-order valence-electron chi connectivity index (χ0n) is 16.4. The first-order valence-electron chi connectivity index (χ1n) is 10.1. The van der Waals surface area contributed by atoms with Gasteiger partial charge in [-0.3, -0.25) is 9.20 Å². The van der Waals surface area contributed by atoms with Gasteiger partial charge in [0.05, 0.1) is 16.6 Å². The van der Waals surface area contributed by atoms with Crippen molar-refractivity contribution in [1.82, 2.24) is 19.7 Å². The molecule has 29 heavy (non-hydrogen) atoms. The number of piperidine rings is 1. The van der Waals surface area contributed by atoms with Crippen molar-refractivity contribution in [3.8, 4) is 0 Å². The molecule has 0 radical (unpaired) electrons. The van der Waals surface area contributed by atoms with Gasteiger partial charge in [0.15, 0.2) is 5.65 Å². The molecule has 1 fully saturated rings. The van der Waals surface area contributed by atoms with Gasteiger partial charge < -0.3 is 16.0 Å². The van der Waals surface area contributed by atoms with Gasteiger partial charge in [0.25, 0.3) is 5.91 Å². The summed E-state index contributed by atoms with van der Waals surface area (Å²) in [5, 5.41) is 3.87. The molecule has 0 aliphatic carbocycles. The van der Waals surface area contributed by atoms with Crippen LogP contribution in [0.5, 0.6) is 0 Å². The Morgan fingerprint density at radius 3 is 2.97 bits per heavy atom. The number of benzene rings is 1. The maximum Gasteiger partial charge on any atom is 0.255 e. The summed E-state index contributed by atoms with van der Waals surface area (Å²) in [6.45, 7) is 4.23. The lowest BCUT2D eigenvalue weighted by atomic mass is 10.0. The Kier molecular flexibility index (Phi) is 4.32. The van der Waals surface area contributed by atoms with Crippen LogP contribution >= 0.6 is 0 Å². The van der Waals surface area contributed by atoms with E-state index in [1.54, 1.807) is 0 Å². The minimum absolute atomic E-state index is 0.125. The molecule has 1 aliphatic rings. The summed E-state index contributed by atoms with van der Waals surface area (Å²) >= 11 is 0. The molecule has 1 saturated heterocycles. The molecule has 7 nitrogen and oxygen atoms in total. The number of aromatic nitrogens is 3. The Hall–Kier alpha value is -3.19. The second kappa shape index (κ2) is 7.00. The second-order valence-corrected chi connectivity index (χ2v) is 7.59. The van der Waals surface area contributed by atoms with E-state index in [-0.39, 0.29) is 11.9 Å². The molecular formula is C22H24N6O. The number of carbonyl (C=O) groups excluding carboxylic acids is 1. The fourth-order valence-electron chi connectivity index (χ4n) is 4.33. The lowest BCUT2D eigenvalue weighted by Gasteiger charge is -2.33. The molecule has 1 amide bonds. The third kappa shape index (κ3) is 2.89. The Morgan fingerprint density at radius 2 is 2.14 bits per heavy atom. The normalized spacial score (nSPS) is 17.3. The number of nitrogens with one attached hydrogen (secondary N) is 1. The third-order valence-corrected chi connectivity index (χ3v) is 5.63. The number of fused-ring (bicyclic) bond motifs is 5. The van der Waals surface area contributed by atoms with E-state index in [1.807, 2.05) is 53.9 Å². The lowest BCUT2D eigenvalue weighted by molar-refractivity contribution is 0.0957. The number of imidazole rings is 1. The quantitative estimate of drug-likeness (QED) is 0.563. The molecule has 0 spiro atoms. The molecule has 1 atom stereocenters. The molecule has 4 aromatic rings. The topological polar surface area (TPSA) is 88.5 Å². The summed E-state index contributed by atoms with van der Waals surface area (Å²) in [5.74, 6) is -0.125. The molecule has 0 unspecified atom stereocenters. The first-order valence-corrected chi connectivity index (χ1v) is 10.1. The SMILES string of the molecule is CCNC(=O)c1cc2c(N3CCC[C@@H](N)C3)ccnc2n2c1nc1ccccc12. The van der Waals surface area contributed by atoms with E-state index in [1.165, 1.54) is 0 Å². The number of nitrogens with zero attached hydrogens (tertiary/aromatic N) is 4. The monoisotopic (exact) mass is 388 g/mol. The number of pyridine rings is 2. The smallest absolute Gasteiger partial charge is 0.255 e. The van der Waals surface area contributed by atoms with E-state index in [0.29, 0.717) is 17.8 Å². The van der Waals surface area contributed by atoms with Crippen LogP contribution in [0.15, 0.2) is 42.6 Å². The number of nitrogens with two attached hydrogens (primary N) is 1. The summed E-state index contributed by atoms with van der Waals surface area (Å²) in [7, 11) is 0. The zero-order chi connectivity index (χ0) is 20.0. The highest BCUT2D eigenvalue weighted by Gasteiger charge is 2.23. The van der Waals surface area contributed by atoms with Crippen molar-refractivity contribution in [2.75, 3.05) is 24.5 Å². The summed E-state index contributed by atoms with van der Waals surface area (Å²) in [6.07, 6.45) is 3.93. The second-order valence-electron chi connectivity index (χ2n) is 7.59. The highest BCUT2D eigenvalue weighted by molar-refractivity contribution is 6.07. The van der Waals surface area contributed by atoms with E-state index in [4.69, 9.17) is 10.7 Å². The largest absolute Gasteiger partial charge is 0.369 e. The first-order chi connectivity index (χ1) is 14.2. The summed E-state index contributed by atoms with van der Waals surface area (Å²) in [5.41, 5.74) is 11.1. The van der Waals surface area contributed by atoms with Crippen molar-refractivity contribution in [1.29, 1.82) is 0 Å². The maximum absolute atomic E-state index is 12.9. The Morgan fingerprint density at radius 1 is 1.28 bits per heavy atom. The Balaban J connectivity index is 1.85. The molecule has 5 rings (SSSR count). The summed E-state index contributed by atoms with van der Waals surface area (Å²) < 4.78 is 2.00. The number of hydrogen-bond donors (Lipinski definition) is 2. The minimum Gasteiger partial charge on any atom is -0.369 e. The van der Waals surface area contributed by atoms with Gasteiger partial charge in [-0.15, -0.1) is 0 Å². The molecule has 148 valence electrons. The Bertz CT molecular complexity index is 1230. The van der Waals surface area contributed by atoms with Gasteiger partial charge in [0.1, 0.15) is 5.65 Å². The van der Waals surface area contributed by atoms with Crippen molar-refractivity contribution >= 4 is 39.3 Å².